The van der Waals surface area contributed by atoms with E-state index >= 15 is 0 Å². The van der Waals surface area contributed by atoms with Gasteiger partial charge in [-0.05, 0) is 48.4 Å². The fraction of sp³-hybridized carbons (Fsp3) is 0.292. The first-order valence-electron chi connectivity index (χ1n) is 12.7. The zero-order chi connectivity index (χ0) is 29.1. The average Bonchev–Trinajstić information content (AvgIpc) is 3.50. The van der Waals surface area contributed by atoms with E-state index < -0.39 is 24.5 Å². The van der Waals surface area contributed by atoms with Gasteiger partial charge in [0.1, 0.15) is 17.2 Å². The van der Waals surface area contributed by atoms with Crippen molar-refractivity contribution in [2.75, 3.05) is 19.4 Å². The molecule has 1 amide bonds. The Kier molecular flexibility index (Phi) is 5.05. The molecule has 4 aromatic heterocycles. The highest BCUT2D eigenvalue weighted by atomic mass is 35.5. The van der Waals surface area contributed by atoms with Crippen LogP contribution in [0.1, 0.15) is 38.7 Å². The first kappa shape index (κ1) is 20.8. The van der Waals surface area contributed by atoms with Gasteiger partial charge >= 0.3 is 0 Å². The number of aromatic nitrogens is 8. The van der Waals surface area contributed by atoms with Gasteiger partial charge in [0.15, 0.2) is 11.3 Å². The predicted molar refractivity (Wildman–Crippen MR) is 140 cm³/mol. The highest BCUT2D eigenvalue weighted by Crippen LogP contribution is 2.32. The molecule has 1 unspecified atom stereocenters. The number of hydrogen-bond acceptors (Lipinski definition) is 8. The van der Waals surface area contributed by atoms with Gasteiger partial charge in [-0.3, -0.25) is 18.6 Å². The molecule has 0 aliphatic heterocycles. The number of tetrazole rings is 1. The van der Waals surface area contributed by atoms with Crippen LogP contribution in [0.4, 0.5) is 5.69 Å². The Morgan fingerprint density at radius 2 is 2.05 bits per heavy atom. The van der Waals surface area contributed by atoms with E-state index in [9.17, 15) is 9.59 Å². The lowest BCUT2D eigenvalue weighted by Gasteiger charge is -2.21. The van der Waals surface area contributed by atoms with E-state index in [0.717, 1.165) is 5.56 Å². The summed E-state index contributed by atoms with van der Waals surface area (Å²) in [6.45, 7) is 0.822. The Hall–Kier alpha value is -4.32. The molecule has 0 saturated heterocycles. The summed E-state index contributed by atoms with van der Waals surface area (Å²) in [5, 5.41) is 16.0. The SMILES string of the molecule is [2H]C([2H])([2H])n1c(=O)c2cc(C)cc(C(C)Nc3ccc(Cl)nc3-c3nnn(C)n3)c2n2cnc(C(=O)N(C)C)c12. The third-order valence-electron chi connectivity index (χ3n) is 5.94. The van der Waals surface area contributed by atoms with Crippen LogP contribution >= 0.6 is 11.6 Å². The molecule has 12 nitrogen and oxygen atoms in total. The molecule has 0 fully saturated rings. The van der Waals surface area contributed by atoms with Gasteiger partial charge in [0.05, 0.1) is 29.7 Å². The number of carbonyl (C=O) groups is 1. The van der Waals surface area contributed by atoms with E-state index in [1.807, 2.05) is 19.9 Å². The van der Waals surface area contributed by atoms with Crippen molar-refractivity contribution in [3.63, 3.8) is 0 Å². The van der Waals surface area contributed by atoms with E-state index in [4.69, 9.17) is 15.7 Å². The molecule has 4 heterocycles. The summed E-state index contributed by atoms with van der Waals surface area (Å²) in [6, 6.07) is 6.41. The number of nitrogens with zero attached hydrogens (tertiary/aromatic N) is 9. The fourth-order valence-electron chi connectivity index (χ4n) is 4.28. The summed E-state index contributed by atoms with van der Waals surface area (Å²) in [7, 11) is 4.68. The minimum Gasteiger partial charge on any atom is -0.377 e. The van der Waals surface area contributed by atoms with Crippen LogP contribution < -0.4 is 10.9 Å². The number of carbonyl (C=O) groups excluding carboxylic acids is 1. The molecule has 5 aromatic rings. The summed E-state index contributed by atoms with van der Waals surface area (Å²) in [5.74, 6) is -0.273. The van der Waals surface area contributed by atoms with Crippen molar-refractivity contribution in [3.8, 4) is 11.5 Å². The molecular formula is C24H25ClN10O2. The van der Waals surface area contributed by atoms with E-state index in [1.165, 1.54) is 34.5 Å². The van der Waals surface area contributed by atoms with Gasteiger partial charge in [-0.2, -0.15) is 4.80 Å². The summed E-state index contributed by atoms with van der Waals surface area (Å²) >= 11 is 6.16. The second kappa shape index (κ2) is 8.96. The van der Waals surface area contributed by atoms with Crippen molar-refractivity contribution in [2.45, 2.75) is 19.9 Å². The van der Waals surface area contributed by atoms with Crippen molar-refractivity contribution in [2.24, 2.45) is 14.0 Å². The lowest BCUT2D eigenvalue weighted by Crippen LogP contribution is -2.26. The van der Waals surface area contributed by atoms with Gasteiger partial charge in [0, 0.05) is 25.2 Å². The molecule has 5 rings (SSSR count). The number of aryl methyl sites for hydroxylation is 3. The molecule has 0 spiro atoms. The quantitative estimate of drug-likeness (QED) is 0.348. The highest BCUT2D eigenvalue weighted by Gasteiger charge is 2.24. The van der Waals surface area contributed by atoms with Crippen molar-refractivity contribution in [1.82, 2.24) is 44.0 Å². The predicted octanol–water partition coefficient (Wildman–Crippen LogP) is 2.61. The average molecular weight is 524 g/mol. The Labute approximate surface area is 220 Å². The van der Waals surface area contributed by atoms with Gasteiger partial charge in [-0.15, -0.1) is 10.2 Å². The molecule has 1 N–H and O–H groups in total. The van der Waals surface area contributed by atoms with Crippen LogP contribution in [0.3, 0.4) is 0 Å². The monoisotopic (exact) mass is 523 g/mol. The van der Waals surface area contributed by atoms with Crippen LogP contribution in [0, 0.1) is 6.92 Å². The summed E-state index contributed by atoms with van der Waals surface area (Å²) < 4.78 is 26.4. The molecule has 0 radical (unpaired) electrons. The number of benzene rings is 1. The fourth-order valence-corrected chi connectivity index (χ4v) is 4.43. The topological polar surface area (TPSA) is 128 Å². The van der Waals surface area contributed by atoms with Crippen molar-refractivity contribution < 1.29 is 8.91 Å². The van der Waals surface area contributed by atoms with E-state index in [1.54, 1.807) is 25.2 Å². The molecule has 13 heteroatoms. The lowest BCUT2D eigenvalue weighted by molar-refractivity contribution is 0.0824. The number of pyridine rings is 1. The third-order valence-corrected chi connectivity index (χ3v) is 6.15. The molecular weight excluding hydrogens is 496 g/mol. The van der Waals surface area contributed by atoms with Crippen LogP contribution in [-0.2, 0) is 14.0 Å². The first-order valence-corrected chi connectivity index (χ1v) is 11.6. The maximum atomic E-state index is 13.8. The smallest absolute Gasteiger partial charge is 0.275 e. The van der Waals surface area contributed by atoms with Gasteiger partial charge in [0.25, 0.3) is 11.5 Å². The van der Waals surface area contributed by atoms with Crippen LogP contribution in [0.15, 0.2) is 35.4 Å². The first-order chi connectivity index (χ1) is 18.8. The van der Waals surface area contributed by atoms with Gasteiger partial charge in [0.2, 0.25) is 5.82 Å². The summed E-state index contributed by atoms with van der Waals surface area (Å²) in [5.41, 5.74) is 1.71. The summed E-state index contributed by atoms with van der Waals surface area (Å²) in [6.07, 6.45) is 1.36. The van der Waals surface area contributed by atoms with Crippen molar-refractivity contribution >= 4 is 39.7 Å². The zero-order valence-corrected chi connectivity index (χ0v) is 21.4. The minimum absolute atomic E-state index is 0.119. The van der Waals surface area contributed by atoms with E-state index in [2.05, 4.69) is 30.7 Å². The largest absolute Gasteiger partial charge is 0.377 e. The van der Waals surface area contributed by atoms with E-state index in [0.29, 0.717) is 27.0 Å². The number of imidazole rings is 1. The lowest BCUT2D eigenvalue weighted by atomic mass is 10.0. The second-order valence-electron chi connectivity index (χ2n) is 8.88. The number of anilines is 1. The van der Waals surface area contributed by atoms with Crippen LogP contribution in [-0.4, -0.2) is 64.0 Å². The summed E-state index contributed by atoms with van der Waals surface area (Å²) in [4.78, 5) is 37.9. The Bertz CT molecular complexity index is 1860. The molecule has 0 bridgehead atoms. The maximum absolute atomic E-state index is 13.8. The van der Waals surface area contributed by atoms with Gasteiger partial charge in [-0.25, -0.2) is 9.97 Å². The number of amides is 1. The standard InChI is InChI=1S/C24H25ClN10O2/c1-12-9-14(13(2)27-16-7-8-17(25)28-18(16)21-29-31-34(6)30-21)20-15(10-12)23(36)33(5)22-19(24(37)32(3)4)26-11-35(20)22/h7-11,13,27H,1-6H3/i5D3. The molecule has 37 heavy (non-hydrogen) atoms. The Balaban J connectivity index is 1.77. The Morgan fingerprint density at radius 1 is 1.27 bits per heavy atom. The number of halogens is 1. The highest BCUT2D eigenvalue weighted by molar-refractivity contribution is 6.29. The minimum atomic E-state index is -2.87. The number of fused-ring (bicyclic) bond motifs is 3. The number of nitrogens with one attached hydrogen (secondary N) is 1. The molecule has 1 atom stereocenters. The maximum Gasteiger partial charge on any atom is 0.275 e. The van der Waals surface area contributed by atoms with Crippen LogP contribution in [0.25, 0.3) is 28.1 Å². The number of hydrogen-bond donors (Lipinski definition) is 1. The molecule has 0 aliphatic rings. The van der Waals surface area contributed by atoms with Crippen molar-refractivity contribution in [1.29, 1.82) is 0 Å². The molecule has 0 aliphatic carbocycles. The van der Waals surface area contributed by atoms with Crippen LogP contribution in [0.5, 0.6) is 0 Å². The van der Waals surface area contributed by atoms with Crippen molar-refractivity contribution in [3.05, 3.63) is 62.9 Å². The zero-order valence-electron chi connectivity index (χ0n) is 23.7. The molecule has 1 aromatic carbocycles. The third kappa shape index (κ3) is 4.08. The second-order valence-corrected chi connectivity index (χ2v) is 9.26. The van der Waals surface area contributed by atoms with Gasteiger partial charge in [-0.1, -0.05) is 17.7 Å². The Morgan fingerprint density at radius 3 is 2.73 bits per heavy atom. The molecule has 190 valence electrons. The van der Waals surface area contributed by atoms with Gasteiger partial charge < -0.3 is 10.2 Å². The van der Waals surface area contributed by atoms with E-state index in [-0.39, 0.29) is 27.7 Å². The normalized spacial score (nSPS) is 13.8. The van der Waals surface area contributed by atoms with Crippen LogP contribution in [0.2, 0.25) is 5.15 Å². The number of rotatable bonds is 5. The molecule has 0 saturated carbocycles.